The maximum absolute atomic E-state index is 12.4. The molecular weight excluding hydrogens is 368 g/mol. The Labute approximate surface area is 161 Å². The number of halogens is 1. The van der Waals surface area contributed by atoms with Gasteiger partial charge in [-0.25, -0.2) is 0 Å². The van der Waals surface area contributed by atoms with Crippen LogP contribution in [0.3, 0.4) is 0 Å². The number of amides is 1. The third kappa shape index (κ3) is 3.54. The van der Waals surface area contributed by atoms with E-state index in [1.54, 1.807) is 0 Å². The number of ether oxygens (including phenoxy) is 1. The van der Waals surface area contributed by atoms with Gasteiger partial charge in [-0.2, -0.15) is 0 Å². The van der Waals surface area contributed by atoms with Gasteiger partial charge in [0.1, 0.15) is 12.4 Å². The number of nitrogens with one attached hydrogen (secondary N) is 1. The fourth-order valence-corrected chi connectivity index (χ4v) is 4.01. The van der Waals surface area contributed by atoms with Crippen LogP contribution in [-0.4, -0.2) is 19.1 Å². The van der Waals surface area contributed by atoms with E-state index in [0.717, 1.165) is 28.5 Å². The molecule has 0 radical (unpaired) electrons. The molecule has 4 rings (SSSR count). The lowest BCUT2D eigenvalue weighted by Crippen LogP contribution is -2.27. The molecule has 0 bridgehead atoms. The maximum Gasteiger partial charge on any atom is 0.261 e. The van der Waals surface area contributed by atoms with Crippen molar-refractivity contribution in [2.75, 3.05) is 18.1 Å². The van der Waals surface area contributed by atoms with E-state index in [1.807, 2.05) is 60.7 Å². The van der Waals surface area contributed by atoms with Crippen molar-refractivity contribution in [3.8, 4) is 5.75 Å². The van der Waals surface area contributed by atoms with Gasteiger partial charge in [-0.15, -0.1) is 11.3 Å². The van der Waals surface area contributed by atoms with Crippen molar-refractivity contribution in [3.05, 3.63) is 76.1 Å². The summed E-state index contributed by atoms with van der Waals surface area (Å²) in [4.78, 5) is 15.3. The molecule has 0 saturated carbocycles. The van der Waals surface area contributed by atoms with Crippen LogP contribution in [0.5, 0.6) is 5.75 Å². The van der Waals surface area contributed by atoms with Crippen LogP contribution < -0.4 is 15.0 Å². The number of benzene rings is 2. The summed E-state index contributed by atoms with van der Waals surface area (Å²) in [6.45, 7) is 1.84. The Morgan fingerprint density at radius 2 is 2.00 bits per heavy atom. The van der Waals surface area contributed by atoms with Crippen molar-refractivity contribution in [1.29, 1.82) is 0 Å². The Kier molecular flexibility index (Phi) is 4.82. The van der Waals surface area contributed by atoms with E-state index in [2.05, 4.69) is 10.2 Å². The molecule has 0 spiro atoms. The van der Waals surface area contributed by atoms with Crippen molar-refractivity contribution in [1.82, 2.24) is 5.32 Å². The molecule has 0 atom stereocenters. The second kappa shape index (κ2) is 7.40. The number of rotatable bonds is 4. The van der Waals surface area contributed by atoms with Gasteiger partial charge in [0.25, 0.3) is 5.91 Å². The highest BCUT2D eigenvalue weighted by atomic mass is 35.5. The zero-order chi connectivity index (χ0) is 17.9. The van der Waals surface area contributed by atoms with Gasteiger partial charge >= 0.3 is 0 Å². The van der Waals surface area contributed by atoms with Crippen molar-refractivity contribution >= 4 is 39.5 Å². The summed E-state index contributed by atoms with van der Waals surface area (Å²) < 4.78 is 5.70. The van der Waals surface area contributed by atoms with Gasteiger partial charge in [0.15, 0.2) is 0 Å². The lowest BCUT2D eigenvalue weighted by molar-refractivity contribution is 0.0955. The van der Waals surface area contributed by atoms with E-state index in [9.17, 15) is 4.79 Å². The average Bonchev–Trinajstić information content (AvgIpc) is 3.16. The highest BCUT2D eigenvalue weighted by Crippen LogP contribution is 2.40. The Morgan fingerprint density at radius 1 is 1.15 bits per heavy atom. The number of anilines is 2. The van der Waals surface area contributed by atoms with E-state index in [0.29, 0.717) is 23.1 Å². The first kappa shape index (κ1) is 16.9. The van der Waals surface area contributed by atoms with Crippen LogP contribution in [0.25, 0.3) is 0 Å². The van der Waals surface area contributed by atoms with Crippen LogP contribution >= 0.6 is 22.9 Å². The van der Waals surface area contributed by atoms with Gasteiger partial charge in [-0.3, -0.25) is 4.79 Å². The van der Waals surface area contributed by atoms with Crippen LogP contribution in [0, 0.1) is 0 Å². The zero-order valence-electron chi connectivity index (χ0n) is 13.9. The molecule has 26 heavy (non-hydrogen) atoms. The van der Waals surface area contributed by atoms with E-state index in [-0.39, 0.29) is 5.91 Å². The molecule has 1 aliphatic heterocycles. The molecule has 6 heteroatoms. The molecule has 0 aliphatic carbocycles. The Bertz CT molecular complexity index is 927. The Morgan fingerprint density at radius 3 is 2.85 bits per heavy atom. The topological polar surface area (TPSA) is 41.6 Å². The normalized spacial score (nSPS) is 13.0. The monoisotopic (exact) mass is 384 g/mol. The summed E-state index contributed by atoms with van der Waals surface area (Å²) in [7, 11) is 0. The first-order chi connectivity index (χ1) is 12.7. The van der Waals surface area contributed by atoms with Crippen molar-refractivity contribution in [2.45, 2.75) is 6.54 Å². The van der Waals surface area contributed by atoms with Crippen LogP contribution in [0.1, 0.15) is 15.2 Å². The maximum atomic E-state index is 12.4. The summed E-state index contributed by atoms with van der Waals surface area (Å²) in [5.74, 6) is 0.744. The van der Waals surface area contributed by atoms with Gasteiger partial charge in [0.05, 0.1) is 22.1 Å². The summed E-state index contributed by atoms with van der Waals surface area (Å²) in [6.07, 6.45) is 0. The first-order valence-electron chi connectivity index (χ1n) is 8.32. The zero-order valence-corrected chi connectivity index (χ0v) is 15.5. The second-order valence-corrected chi connectivity index (χ2v) is 7.42. The van der Waals surface area contributed by atoms with Crippen LogP contribution in [0.4, 0.5) is 10.7 Å². The Hall–Kier alpha value is -2.50. The SMILES string of the molecule is O=C(NCc1ccccc1)c1ccc(N2CCOc3ccc(Cl)cc32)s1. The molecule has 3 aromatic rings. The lowest BCUT2D eigenvalue weighted by Gasteiger charge is -2.30. The fourth-order valence-electron chi connectivity index (χ4n) is 2.88. The van der Waals surface area contributed by atoms with Crippen LogP contribution in [0.2, 0.25) is 5.02 Å². The minimum absolute atomic E-state index is 0.0651. The molecule has 132 valence electrons. The fraction of sp³-hybridized carbons (Fsp3) is 0.150. The number of nitrogens with zero attached hydrogens (tertiary/aromatic N) is 1. The molecule has 1 N–H and O–H groups in total. The predicted octanol–water partition coefficient (Wildman–Crippen LogP) is 4.86. The number of carbonyl (C=O) groups is 1. The molecule has 2 heterocycles. The number of hydrogen-bond acceptors (Lipinski definition) is 4. The molecule has 0 fully saturated rings. The van der Waals surface area contributed by atoms with Crippen LogP contribution in [-0.2, 0) is 6.54 Å². The van der Waals surface area contributed by atoms with E-state index in [1.165, 1.54) is 11.3 Å². The standard InChI is InChI=1S/C20H17ClN2O2S/c21-15-6-7-17-16(12-15)23(10-11-25-17)19-9-8-18(26-19)20(24)22-13-14-4-2-1-3-5-14/h1-9,12H,10-11,13H2,(H,22,24). The highest BCUT2D eigenvalue weighted by molar-refractivity contribution is 7.18. The minimum Gasteiger partial charge on any atom is -0.490 e. The summed E-state index contributed by atoms with van der Waals surface area (Å²) in [5, 5.41) is 4.63. The van der Waals surface area contributed by atoms with Gasteiger partial charge in [-0.1, -0.05) is 41.9 Å². The largest absolute Gasteiger partial charge is 0.490 e. The number of fused-ring (bicyclic) bond motifs is 1. The highest BCUT2D eigenvalue weighted by Gasteiger charge is 2.22. The Balaban J connectivity index is 1.50. The molecule has 1 aliphatic rings. The second-order valence-electron chi connectivity index (χ2n) is 5.92. The number of hydrogen-bond donors (Lipinski definition) is 1. The van der Waals surface area contributed by atoms with Gasteiger partial charge < -0.3 is 15.0 Å². The number of thiophene rings is 1. The molecule has 2 aromatic carbocycles. The minimum atomic E-state index is -0.0651. The molecule has 0 saturated heterocycles. The third-order valence-electron chi connectivity index (χ3n) is 4.16. The summed E-state index contributed by atoms with van der Waals surface area (Å²) in [6, 6.07) is 19.3. The van der Waals surface area contributed by atoms with Crippen LogP contribution in [0.15, 0.2) is 60.7 Å². The van der Waals surface area contributed by atoms with Crippen molar-refractivity contribution in [2.24, 2.45) is 0 Å². The summed E-state index contributed by atoms with van der Waals surface area (Å²) >= 11 is 7.61. The summed E-state index contributed by atoms with van der Waals surface area (Å²) in [5.41, 5.74) is 2.01. The molecule has 4 nitrogen and oxygen atoms in total. The van der Waals surface area contributed by atoms with Crippen molar-refractivity contribution in [3.63, 3.8) is 0 Å². The van der Waals surface area contributed by atoms with Crippen molar-refractivity contribution < 1.29 is 9.53 Å². The number of carbonyl (C=O) groups excluding carboxylic acids is 1. The molecule has 0 unspecified atom stereocenters. The van der Waals surface area contributed by atoms with E-state index >= 15 is 0 Å². The third-order valence-corrected chi connectivity index (χ3v) is 5.50. The van der Waals surface area contributed by atoms with E-state index in [4.69, 9.17) is 16.3 Å². The quantitative estimate of drug-likeness (QED) is 0.698. The lowest BCUT2D eigenvalue weighted by atomic mass is 10.2. The van der Waals surface area contributed by atoms with Gasteiger partial charge in [0.2, 0.25) is 0 Å². The molecule has 1 amide bonds. The molecule has 1 aromatic heterocycles. The first-order valence-corrected chi connectivity index (χ1v) is 9.52. The van der Waals surface area contributed by atoms with Gasteiger partial charge in [0, 0.05) is 11.6 Å². The smallest absolute Gasteiger partial charge is 0.261 e. The predicted molar refractivity (Wildman–Crippen MR) is 106 cm³/mol. The molecular formula is C20H17ClN2O2S. The van der Waals surface area contributed by atoms with Gasteiger partial charge in [-0.05, 0) is 35.9 Å². The average molecular weight is 385 g/mol. The van der Waals surface area contributed by atoms with E-state index < -0.39 is 0 Å².